The summed E-state index contributed by atoms with van der Waals surface area (Å²) in [4.78, 5) is 0. The van der Waals surface area contributed by atoms with Crippen LogP contribution in [0.5, 0.6) is 5.75 Å². The molecule has 0 spiro atoms. The lowest BCUT2D eigenvalue weighted by molar-refractivity contribution is 0.146. The fourth-order valence-electron chi connectivity index (χ4n) is 0.893. The van der Waals surface area contributed by atoms with E-state index in [0.717, 1.165) is 15.8 Å². The first-order valence-corrected chi connectivity index (χ1v) is 4.76. The van der Waals surface area contributed by atoms with Crippen molar-refractivity contribution < 1.29 is 9.47 Å². The topological polar surface area (TPSA) is 18.5 Å². The van der Waals surface area contributed by atoms with Crippen molar-refractivity contribution in [3.8, 4) is 5.75 Å². The first kappa shape index (κ1) is 10.5. The normalized spacial score (nSPS) is 10.1. The molecule has 71 valence electrons. The highest BCUT2D eigenvalue weighted by molar-refractivity contribution is 9.10. The lowest BCUT2D eigenvalue weighted by Gasteiger charge is -2.07. The fourth-order valence-corrected chi connectivity index (χ4v) is 1.25. The van der Waals surface area contributed by atoms with Crippen LogP contribution >= 0.6 is 15.9 Å². The highest BCUT2D eigenvalue weighted by Crippen LogP contribution is 2.25. The summed E-state index contributed by atoms with van der Waals surface area (Å²) in [6.45, 7) is 4.96. The highest BCUT2D eigenvalue weighted by atomic mass is 79.9. The van der Waals surface area contributed by atoms with Gasteiger partial charge in [-0.25, -0.2) is 0 Å². The second kappa shape index (κ2) is 5.25. The van der Waals surface area contributed by atoms with E-state index in [1.807, 2.05) is 18.2 Å². The van der Waals surface area contributed by atoms with Crippen LogP contribution in [0.15, 0.2) is 22.7 Å². The Balaban J connectivity index is 2.59. The summed E-state index contributed by atoms with van der Waals surface area (Å²) < 4.78 is 11.3. The Labute approximate surface area is 87.0 Å². The van der Waals surface area contributed by atoms with Gasteiger partial charge in [0.2, 0.25) is 0 Å². The van der Waals surface area contributed by atoms with Gasteiger partial charge in [0.1, 0.15) is 12.4 Å². The molecule has 0 heterocycles. The molecule has 2 nitrogen and oxygen atoms in total. The van der Waals surface area contributed by atoms with Crippen molar-refractivity contribution in [2.24, 2.45) is 0 Å². The van der Waals surface area contributed by atoms with Crippen LogP contribution in [0, 0.1) is 6.92 Å². The summed E-state index contributed by atoms with van der Waals surface area (Å²) in [5.74, 6) is 0.810. The maximum atomic E-state index is 5.45. The van der Waals surface area contributed by atoms with E-state index in [2.05, 4.69) is 22.9 Å². The molecular formula is C10H12BrO2. The Morgan fingerprint density at radius 1 is 1.38 bits per heavy atom. The van der Waals surface area contributed by atoms with E-state index in [0.29, 0.717) is 13.2 Å². The van der Waals surface area contributed by atoms with Crippen LogP contribution in [0.1, 0.15) is 5.56 Å². The minimum Gasteiger partial charge on any atom is -0.490 e. The van der Waals surface area contributed by atoms with Gasteiger partial charge in [-0.3, -0.25) is 0 Å². The number of ether oxygens (including phenoxy) is 2. The third-order valence-electron chi connectivity index (χ3n) is 1.54. The predicted molar refractivity (Wildman–Crippen MR) is 56.0 cm³/mol. The van der Waals surface area contributed by atoms with Crippen LogP contribution in [-0.2, 0) is 4.74 Å². The van der Waals surface area contributed by atoms with E-state index in [4.69, 9.17) is 9.47 Å². The van der Waals surface area contributed by atoms with E-state index in [1.165, 1.54) is 0 Å². The molecule has 0 aromatic heterocycles. The predicted octanol–water partition coefficient (Wildman–Crippen LogP) is 2.66. The molecule has 0 fully saturated rings. The summed E-state index contributed by atoms with van der Waals surface area (Å²) in [7, 11) is 1.65. The SMILES string of the molecule is [CH2]c1ccc(Br)c(OCCOC)c1. The van der Waals surface area contributed by atoms with Crippen LogP contribution < -0.4 is 4.74 Å². The van der Waals surface area contributed by atoms with E-state index in [1.54, 1.807) is 7.11 Å². The van der Waals surface area contributed by atoms with Gasteiger partial charge in [-0.1, -0.05) is 6.07 Å². The maximum Gasteiger partial charge on any atom is 0.133 e. The Hall–Kier alpha value is -0.540. The van der Waals surface area contributed by atoms with Crippen molar-refractivity contribution in [3.63, 3.8) is 0 Å². The Morgan fingerprint density at radius 3 is 2.85 bits per heavy atom. The summed E-state index contributed by atoms with van der Waals surface area (Å²) in [6, 6.07) is 5.73. The number of benzene rings is 1. The standard InChI is InChI=1S/C10H12BrO2/c1-8-3-4-9(11)10(7-8)13-6-5-12-2/h3-4,7H,1,5-6H2,2H3. The Morgan fingerprint density at radius 2 is 2.15 bits per heavy atom. The monoisotopic (exact) mass is 243 g/mol. The van der Waals surface area contributed by atoms with Gasteiger partial charge in [0.05, 0.1) is 11.1 Å². The number of hydrogen-bond acceptors (Lipinski definition) is 2. The molecule has 0 N–H and O–H groups in total. The number of hydrogen-bond donors (Lipinski definition) is 0. The number of rotatable bonds is 4. The Bertz CT molecular complexity index is 274. The maximum absolute atomic E-state index is 5.45. The van der Waals surface area contributed by atoms with Crippen LogP contribution in [0.2, 0.25) is 0 Å². The lowest BCUT2D eigenvalue weighted by Crippen LogP contribution is -2.04. The number of methoxy groups -OCH3 is 1. The summed E-state index contributed by atoms with van der Waals surface area (Å²) in [5.41, 5.74) is 0.940. The molecule has 1 aromatic rings. The average Bonchev–Trinajstić information content (AvgIpc) is 2.11. The van der Waals surface area contributed by atoms with Crippen molar-refractivity contribution in [2.75, 3.05) is 20.3 Å². The van der Waals surface area contributed by atoms with Crippen molar-refractivity contribution >= 4 is 15.9 Å². The van der Waals surface area contributed by atoms with Crippen molar-refractivity contribution in [2.45, 2.75) is 0 Å². The van der Waals surface area contributed by atoms with Crippen LogP contribution in [0.25, 0.3) is 0 Å². The van der Waals surface area contributed by atoms with Crippen LogP contribution in [0.3, 0.4) is 0 Å². The fraction of sp³-hybridized carbons (Fsp3) is 0.300. The molecule has 3 heteroatoms. The second-order valence-corrected chi connectivity index (χ2v) is 3.46. The Kier molecular flexibility index (Phi) is 4.25. The zero-order valence-corrected chi connectivity index (χ0v) is 9.13. The van der Waals surface area contributed by atoms with E-state index >= 15 is 0 Å². The molecule has 0 aliphatic rings. The largest absolute Gasteiger partial charge is 0.490 e. The molecular weight excluding hydrogens is 232 g/mol. The van der Waals surface area contributed by atoms with Gasteiger partial charge in [0.25, 0.3) is 0 Å². The minimum absolute atomic E-state index is 0.554. The zero-order chi connectivity index (χ0) is 9.68. The second-order valence-electron chi connectivity index (χ2n) is 2.61. The number of halogens is 1. The van der Waals surface area contributed by atoms with E-state index in [-0.39, 0.29) is 0 Å². The van der Waals surface area contributed by atoms with Gasteiger partial charge in [-0.2, -0.15) is 0 Å². The zero-order valence-electron chi connectivity index (χ0n) is 7.55. The van der Waals surface area contributed by atoms with Crippen molar-refractivity contribution in [3.05, 3.63) is 35.2 Å². The first-order valence-electron chi connectivity index (χ1n) is 3.97. The average molecular weight is 244 g/mol. The molecule has 0 atom stereocenters. The van der Waals surface area contributed by atoms with Crippen molar-refractivity contribution in [1.82, 2.24) is 0 Å². The summed E-state index contributed by atoms with van der Waals surface area (Å²) in [6.07, 6.45) is 0. The third-order valence-corrected chi connectivity index (χ3v) is 2.20. The van der Waals surface area contributed by atoms with Gasteiger partial charge in [-0.15, -0.1) is 0 Å². The smallest absolute Gasteiger partial charge is 0.133 e. The molecule has 0 unspecified atom stereocenters. The van der Waals surface area contributed by atoms with E-state index in [9.17, 15) is 0 Å². The van der Waals surface area contributed by atoms with Crippen LogP contribution in [-0.4, -0.2) is 20.3 Å². The van der Waals surface area contributed by atoms with Crippen molar-refractivity contribution in [1.29, 1.82) is 0 Å². The summed E-state index contributed by atoms with van der Waals surface area (Å²) >= 11 is 3.39. The molecule has 0 saturated carbocycles. The van der Waals surface area contributed by atoms with Gasteiger partial charge < -0.3 is 9.47 Å². The molecule has 1 aromatic carbocycles. The minimum atomic E-state index is 0.554. The first-order chi connectivity index (χ1) is 6.24. The van der Waals surface area contributed by atoms with Gasteiger partial charge in [0, 0.05) is 7.11 Å². The molecule has 1 rings (SSSR count). The van der Waals surface area contributed by atoms with E-state index < -0.39 is 0 Å². The molecule has 0 amide bonds. The lowest BCUT2D eigenvalue weighted by atomic mass is 10.2. The summed E-state index contributed by atoms with van der Waals surface area (Å²) in [5, 5.41) is 0. The molecule has 0 aliphatic carbocycles. The highest BCUT2D eigenvalue weighted by Gasteiger charge is 2.00. The van der Waals surface area contributed by atoms with Gasteiger partial charge in [0.15, 0.2) is 0 Å². The molecule has 13 heavy (non-hydrogen) atoms. The third kappa shape index (κ3) is 3.36. The quantitative estimate of drug-likeness (QED) is 0.758. The molecule has 1 radical (unpaired) electrons. The molecule has 0 aliphatic heterocycles. The molecule has 0 bridgehead atoms. The van der Waals surface area contributed by atoms with Gasteiger partial charge in [-0.05, 0) is 40.5 Å². The molecule has 0 saturated heterocycles. The van der Waals surface area contributed by atoms with Gasteiger partial charge >= 0.3 is 0 Å². The van der Waals surface area contributed by atoms with Crippen LogP contribution in [0.4, 0.5) is 0 Å².